The summed E-state index contributed by atoms with van der Waals surface area (Å²) in [5.74, 6) is 2.27. The second-order valence-electron chi connectivity index (χ2n) is 7.74. The number of aliphatic hydroxyl groups is 2. The van der Waals surface area contributed by atoms with Crippen molar-refractivity contribution >= 4 is 0 Å². The average molecular weight is 337 g/mol. The van der Waals surface area contributed by atoms with Crippen LogP contribution in [0.2, 0.25) is 0 Å². The van der Waals surface area contributed by atoms with Crippen LogP contribution in [0, 0.1) is 17.8 Å². The zero-order valence-corrected chi connectivity index (χ0v) is 16.0. The largest absolute Gasteiger partial charge is 0.394 e. The Morgan fingerprint density at radius 3 is 2.67 bits per heavy atom. The Balaban J connectivity index is 2.12. The van der Waals surface area contributed by atoms with E-state index < -0.39 is 6.10 Å². The van der Waals surface area contributed by atoms with Crippen molar-refractivity contribution in [1.29, 1.82) is 0 Å². The Labute approximate surface area is 150 Å². The fourth-order valence-electron chi connectivity index (χ4n) is 3.63. The molecule has 0 saturated heterocycles. The Hall–Kier alpha value is -0.600. The fourth-order valence-corrected chi connectivity index (χ4v) is 3.63. The molecule has 1 aliphatic carbocycles. The predicted molar refractivity (Wildman–Crippen MR) is 104 cm³/mol. The first-order valence-corrected chi connectivity index (χ1v) is 10.3. The molecule has 24 heavy (non-hydrogen) atoms. The lowest BCUT2D eigenvalue weighted by atomic mass is 9.89. The molecule has 140 valence electrons. The summed E-state index contributed by atoms with van der Waals surface area (Å²) < 4.78 is 0. The van der Waals surface area contributed by atoms with Crippen molar-refractivity contribution in [2.24, 2.45) is 17.8 Å². The van der Waals surface area contributed by atoms with Crippen LogP contribution in [0.15, 0.2) is 24.3 Å². The van der Waals surface area contributed by atoms with Crippen LogP contribution >= 0.6 is 0 Å². The molecule has 1 aliphatic rings. The van der Waals surface area contributed by atoms with Gasteiger partial charge in [0.2, 0.25) is 0 Å². The first kappa shape index (κ1) is 21.4. The summed E-state index contributed by atoms with van der Waals surface area (Å²) in [6.45, 7) is 4.54. The van der Waals surface area contributed by atoms with Gasteiger partial charge >= 0.3 is 0 Å². The van der Waals surface area contributed by atoms with Crippen LogP contribution in [0.3, 0.4) is 0 Å². The molecule has 0 bridgehead atoms. The van der Waals surface area contributed by atoms with E-state index in [1.54, 1.807) is 0 Å². The minimum atomic E-state index is -0.515. The summed E-state index contributed by atoms with van der Waals surface area (Å²) in [6.07, 6.45) is 22.4. The molecule has 1 rings (SSSR count). The molecular formula is C22H40O2. The molecule has 4 atom stereocenters. The van der Waals surface area contributed by atoms with Crippen LogP contribution in [-0.2, 0) is 0 Å². The van der Waals surface area contributed by atoms with Crippen LogP contribution in [-0.4, -0.2) is 22.9 Å². The van der Waals surface area contributed by atoms with Gasteiger partial charge in [0.15, 0.2) is 0 Å². The van der Waals surface area contributed by atoms with E-state index in [-0.39, 0.29) is 6.61 Å². The summed E-state index contributed by atoms with van der Waals surface area (Å²) in [6, 6.07) is 0. The van der Waals surface area contributed by atoms with Crippen LogP contribution in [0.1, 0.15) is 84.5 Å². The highest BCUT2D eigenvalue weighted by atomic mass is 16.3. The van der Waals surface area contributed by atoms with Gasteiger partial charge in [-0.3, -0.25) is 0 Å². The molecule has 0 aromatic rings. The third-order valence-corrected chi connectivity index (χ3v) is 5.36. The van der Waals surface area contributed by atoms with E-state index in [9.17, 15) is 5.11 Å². The summed E-state index contributed by atoms with van der Waals surface area (Å²) >= 11 is 0. The van der Waals surface area contributed by atoms with E-state index in [0.29, 0.717) is 5.92 Å². The monoisotopic (exact) mass is 336 g/mol. The van der Waals surface area contributed by atoms with Crippen molar-refractivity contribution in [2.75, 3.05) is 6.61 Å². The normalized spacial score (nSPS) is 23.2. The standard InChI is InChI=1S/C22H40O2/c1-3-4-11-19(2)12-9-14-21-16-10-15-20(21)13-7-5-6-8-17-22(24)18-23/h9-10,14,16,19-24H,3-8,11-13,15,17-18H2,1-2H3/t19-,20+,21+,22?/m1/s1. The van der Waals surface area contributed by atoms with Gasteiger partial charge in [0.05, 0.1) is 12.7 Å². The van der Waals surface area contributed by atoms with E-state index in [1.165, 1.54) is 57.8 Å². The van der Waals surface area contributed by atoms with E-state index in [2.05, 4.69) is 38.2 Å². The van der Waals surface area contributed by atoms with Crippen molar-refractivity contribution < 1.29 is 10.2 Å². The molecule has 0 radical (unpaired) electrons. The van der Waals surface area contributed by atoms with Crippen molar-refractivity contribution in [2.45, 2.75) is 90.6 Å². The molecule has 0 aliphatic heterocycles. The van der Waals surface area contributed by atoms with Crippen LogP contribution in [0.4, 0.5) is 0 Å². The van der Waals surface area contributed by atoms with E-state index in [4.69, 9.17) is 5.11 Å². The van der Waals surface area contributed by atoms with Gasteiger partial charge in [-0.2, -0.15) is 0 Å². The Bertz CT molecular complexity index is 348. The minimum Gasteiger partial charge on any atom is -0.394 e. The van der Waals surface area contributed by atoms with Gasteiger partial charge in [-0.25, -0.2) is 0 Å². The lowest BCUT2D eigenvalue weighted by molar-refractivity contribution is 0.0859. The number of rotatable bonds is 14. The second-order valence-corrected chi connectivity index (χ2v) is 7.74. The average Bonchev–Trinajstić information content (AvgIpc) is 3.03. The molecule has 1 unspecified atom stereocenters. The number of allylic oxidation sites excluding steroid dienone is 4. The molecule has 2 N–H and O–H groups in total. The molecule has 0 saturated carbocycles. The number of hydrogen-bond acceptors (Lipinski definition) is 2. The van der Waals surface area contributed by atoms with Crippen LogP contribution in [0.5, 0.6) is 0 Å². The molecule has 0 amide bonds. The maximum Gasteiger partial charge on any atom is 0.0770 e. The molecular weight excluding hydrogens is 296 g/mol. The molecule has 0 aromatic carbocycles. The SMILES string of the molecule is CCCC[C@@H](C)CC=C[C@H]1C=CC[C@@H]1CCCCCCC(O)CO. The number of hydrogen-bond donors (Lipinski definition) is 2. The highest BCUT2D eigenvalue weighted by Gasteiger charge is 2.19. The summed E-state index contributed by atoms with van der Waals surface area (Å²) in [5.41, 5.74) is 0. The molecule has 2 nitrogen and oxygen atoms in total. The molecule has 0 spiro atoms. The summed E-state index contributed by atoms with van der Waals surface area (Å²) in [4.78, 5) is 0. The quantitative estimate of drug-likeness (QED) is 0.318. The van der Waals surface area contributed by atoms with Gasteiger partial charge in [-0.1, -0.05) is 83.1 Å². The highest BCUT2D eigenvalue weighted by Crippen LogP contribution is 2.31. The van der Waals surface area contributed by atoms with Crippen molar-refractivity contribution in [1.82, 2.24) is 0 Å². The van der Waals surface area contributed by atoms with Crippen LogP contribution < -0.4 is 0 Å². The molecule has 0 fully saturated rings. The van der Waals surface area contributed by atoms with Crippen LogP contribution in [0.25, 0.3) is 0 Å². The summed E-state index contributed by atoms with van der Waals surface area (Å²) in [5, 5.41) is 18.1. The smallest absolute Gasteiger partial charge is 0.0770 e. The van der Waals surface area contributed by atoms with Crippen molar-refractivity contribution in [3.63, 3.8) is 0 Å². The van der Waals surface area contributed by atoms with Gasteiger partial charge < -0.3 is 10.2 Å². The van der Waals surface area contributed by atoms with Gasteiger partial charge in [0.1, 0.15) is 0 Å². The molecule has 0 heterocycles. The van der Waals surface area contributed by atoms with Gasteiger partial charge in [0.25, 0.3) is 0 Å². The molecule has 0 aromatic heterocycles. The number of aliphatic hydroxyl groups excluding tert-OH is 2. The fraction of sp³-hybridized carbons (Fsp3) is 0.818. The zero-order valence-electron chi connectivity index (χ0n) is 16.0. The zero-order chi connectivity index (χ0) is 17.6. The molecule has 2 heteroatoms. The first-order chi connectivity index (χ1) is 11.7. The first-order valence-electron chi connectivity index (χ1n) is 10.3. The van der Waals surface area contributed by atoms with Gasteiger partial charge in [0, 0.05) is 0 Å². The van der Waals surface area contributed by atoms with Crippen molar-refractivity contribution in [3.05, 3.63) is 24.3 Å². The topological polar surface area (TPSA) is 40.5 Å². The van der Waals surface area contributed by atoms with E-state index in [1.807, 2.05) is 0 Å². The third kappa shape index (κ3) is 9.64. The highest BCUT2D eigenvalue weighted by molar-refractivity contribution is 5.09. The predicted octanol–water partition coefficient (Wildman–Crippen LogP) is 5.65. The van der Waals surface area contributed by atoms with E-state index in [0.717, 1.165) is 24.7 Å². The minimum absolute atomic E-state index is 0.0984. The number of unbranched alkanes of at least 4 members (excludes halogenated alkanes) is 4. The lowest BCUT2D eigenvalue weighted by Gasteiger charge is -2.16. The Morgan fingerprint density at radius 1 is 1.12 bits per heavy atom. The van der Waals surface area contributed by atoms with Gasteiger partial charge in [-0.15, -0.1) is 0 Å². The lowest BCUT2D eigenvalue weighted by Crippen LogP contribution is -2.11. The maximum atomic E-state index is 9.33. The summed E-state index contributed by atoms with van der Waals surface area (Å²) in [7, 11) is 0. The maximum absolute atomic E-state index is 9.33. The Kier molecular flexibility index (Phi) is 12.2. The third-order valence-electron chi connectivity index (χ3n) is 5.36. The second kappa shape index (κ2) is 13.7. The van der Waals surface area contributed by atoms with E-state index >= 15 is 0 Å². The van der Waals surface area contributed by atoms with Gasteiger partial charge in [-0.05, 0) is 43.4 Å². The Morgan fingerprint density at radius 2 is 1.92 bits per heavy atom. The van der Waals surface area contributed by atoms with Crippen molar-refractivity contribution in [3.8, 4) is 0 Å².